The SMILES string of the molecule is Cc1cc(C)n2nc(C(=O)N(CCN(C)C)CC3CCCO3)cc2n1. The normalized spacial score (nSPS) is 17.6. The van der Waals surface area contributed by atoms with Crippen LogP contribution in [0.1, 0.15) is 34.7 Å². The highest BCUT2D eigenvalue weighted by molar-refractivity contribution is 5.93. The number of carbonyl (C=O) groups is 1. The highest BCUT2D eigenvalue weighted by atomic mass is 16.5. The van der Waals surface area contributed by atoms with Crippen molar-refractivity contribution in [2.45, 2.75) is 32.8 Å². The van der Waals surface area contributed by atoms with Gasteiger partial charge in [0, 0.05) is 43.7 Å². The van der Waals surface area contributed by atoms with Gasteiger partial charge in [-0.3, -0.25) is 4.79 Å². The molecule has 3 rings (SSSR count). The highest BCUT2D eigenvalue weighted by Crippen LogP contribution is 2.16. The molecule has 2 aromatic rings. The Morgan fingerprint density at radius 2 is 2.12 bits per heavy atom. The average Bonchev–Trinajstić information content (AvgIpc) is 3.19. The monoisotopic (exact) mass is 345 g/mol. The molecule has 1 aliphatic rings. The highest BCUT2D eigenvalue weighted by Gasteiger charge is 2.25. The molecular weight excluding hydrogens is 318 g/mol. The molecule has 136 valence electrons. The summed E-state index contributed by atoms with van der Waals surface area (Å²) in [5.74, 6) is -0.0556. The minimum absolute atomic E-state index is 0.0556. The van der Waals surface area contributed by atoms with Crippen LogP contribution in [-0.4, -0.2) is 76.7 Å². The van der Waals surface area contributed by atoms with Gasteiger partial charge in [-0.25, -0.2) is 9.50 Å². The quantitative estimate of drug-likeness (QED) is 0.794. The van der Waals surface area contributed by atoms with Gasteiger partial charge in [0.15, 0.2) is 11.3 Å². The molecule has 1 atom stereocenters. The first-order valence-corrected chi connectivity index (χ1v) is 8.83. The van der Waals surface area contributed by atoms with Crippen molar-refractivity contribution in [1.29, 1.82) is 0 Å². The fraction of sp³-hybridized carbons (Fsp3) is 0.611. The minimum Gasteiger partial charge on any atom is -0.376 e. The van der Waals surface area contributed by atoms with E-state index in [-0.39, 0.29) is 12.0 Å². The van der Waals surface area contributed by atoms with Crippen LogP contribution in [0, 0.1) is 13.8 Å². The van der Waals surface area contributed by atoms with Crippen LogP contribution in [0.15, 0.2) is 12.1 Å². The van der Waals surface area contributed by atoms with E-state index in [0.29, 0.717) is 24.4 Å². The second-order valence-electron chi connectivity index (χ2n) is 7.03. The summed E-state index contributed by atoms with van der Waals surface area (Å²) in [5, 5.41) is 4.48. The minimum atomic E-state index is -0.0556. The molecule has 0 aliphatic carbocycles. The van der Waals surface area contributed by atoms with E-state index in [2.05, 4.69) is 15.0 Å². The largest absolute Gasteiger partial charge is 0.376 e. The summed E-state index contributed by atoms with van der Waals surface area (Å²) in [6, 6.07) is 3.74. The molecule has 7 nitrogen and oxygen atoms in total. The molecule has 0 bridgehead atoms. The van der Waals surface area contributed by atoms with Crippen molar-refractivity contribution < 1.29 is 9.53 Å². The number of fused-ring (bicyclic) bond motifs is 1. The van der Waals surface area contributed by atoms with Gasteiger partial charge in [-0.15, -0.1) is 0 Å². The molecular formula is C18H27N5O2. The molecule has 0 spiro atoms. The zero-order valence-electron chi connectivity index (χ0n) is 15.5. The van der Waals surface area contributed by atoms with Crippen LogP contribution in [0.2, 0.25) is 0 Å². The third-order valence-electron chi connectivity index (χ3n) is 4.50. The van der Waals surface area contributed by atoms with Crippen molar-refractivity contribution in [2.24, 2.45) is 0 Å². The van der Waals surface area contributed by atoms with E-state index in [1.165, 1.54) is 0 Å². The molecule has 2 aromatic heterocycles. The summed E-state index contributed by atoms with van der Waals surface area (Å²) in [6.45, 7) is 6.79. The number of likely N-dealkylation sites (N-methyl/N-ethyl adjacent to an activating group) is 1. The number of nitrogens with zero attached hydrogens (tertiary/aromatic N) is 5. The fourth-order valence-electron chi connectivity index (χ4n) is 3.18. The molecule has 1 aliphatic heterocycles. The predicted molar refractivity (Wildman–Crippen MR) is 95.9 cm³/mol. The van der Waals surface area contributed by atoms with Gasteiger partial charge in [-0.05, 0) is 46.9 Å². The van der Waals surface area contributed by atoms with Crippen LogP contribution in [0.5, 0.6) is 0 Å². The average molecular weight is 345 g/mol. The van der Waals surface area contributed by atoms with Crippen LogP contribution in [0.3, 0.4) is 0 Å². The summed E-state index contributed by atoms with van der Waals surface area (Å²) in [4.78, 5) is 21.5. The van der Waals surface area contributed by atoms with Gasteiger partial charge in [0.1, 0.15) is 0 Å². The van der Waals surface area contributed by atoms with E-state index >= 15 is 0 Å². The zero-order valence-corrected chi connectivity index (χ0v) is 15.5. The van der Waals surface area contributed by atoms with Gasteiger partial charge in [-0.2, -0.15) is 5.10 Å². The number of aromatic nitrogens is 3. The lowest BCUT2D eigenvalue weighted by Crippen LogP contribution is -2.41. The van der Waals surface area contributed by atoms with Gasteiger partial charge < -0.3 is 14.5 Å². The molecule has 0 aromatic carbocycles. The molecule has 1 saturated heterocycles. The number of hydrogen-bond donors (Lipinski definition) is 0. The van der Waals surface area contributed by atoms with Crippen LogP contribution in [0.25, 0.3) is 5.65 Å². The molecule has 0 saturated carbocycles. The fourth-order valence-corrected chi connectivity index (χ4v) is 3.18. The summed E-state index contributed by atoms with van der Waals surface area (Å²) in [7, 11) is 4.02. The third kappa shape index (κ3) is 4.16. The van der Waals surface area contributed by atoms with Crippen LogP contribution < -0.4 is 0 Å². The van der Waals surface area contributed by atoms with Gasteiger partial charge >= 0.3 is 0 Å². The van der Waals surface area contributed by atoms with Crippen molar-refractivity contribution in [2.75, 3.05) is 40.3 Å². The van der Waals surface area contributed by atoms with Crippen molar-refractivity contribution in [1.82, 2.24) is 24.4 Å². The number of amides is 1. The van der Waals surface area contributed by atoms with Crippen molar-refractivity contribution >= 4 is 11.6 Å². The van der Waals surface area contributed by atoms with Crippen LogP contribution >= 0.6 is 0 Å². The second-order valence-corrected chi connectivity index (χ2v) is 7.03. The Balaban J connectivity index is 1.83. The summed E-state index contributed by atoms with van der Waals surface area (Å²) < 4.78 is 7.46. The topological polar surface area (TPSA) is 63.0 Å². The van der Waals surface area contributed by atoms with E-state index in [0.717, 1.165) is 37.4 Å². The lowest BCUT2D eigenvalue weighted by Gasteiger charge is -2.26. The first kappa shape index (κ1) is 17.8. The van der Waals surface area contributed by atoms with Crippen LogP contribution in [-0.2, 0) is 4.74 Å². The molecule has 1 unspecified atom stereocenters. The molecule has 7 heteroatoms. The van der Waals surface area contributed by atoms with E-state index in [9.17, 15) is 4.79 Å². The zero-order chi connectivity index (χ0) is 18.0. The molecule has 1 fully saturated rings. The number of hydrogen-bond acceptors (Lipinski definition) is 5. The summed E-state index contributed by atoms with van der Waals surface area (Å²) in [6.07, 6.45) is 2.21. The van der Waals surface area contributed by atoms with Gasteiger partial charge in [-0.1, -0.05) is 0 Å². The Bertz CT molecular complexity index is 749. The predicted octanol–water partition coefficient (Wildman–Crippen LogP) is 1.53. The Morgan fingerprint density at radius 3 is 2.80 bits per heavy atom. The molecule has 1 amide bonds. The van der Waals surface area contributed by atoms with Gasteiger partial charge in [0.05, 0.1) is 6.10 Å². The Kier molecular flexibility index (Phi) is 5.34. The molecule has 25 heavy (non-hydrogen) atoms. The van der Waals surface area contributed by atoms with Gasteiger partial charge in [0.2, 0.25) is 0 Å². The maximum absolute atomic E-state index is 13.1. The number of ether oxygens (including phenoxy) is 1. The maximum Gasteiger partial charge on any atom is 0.274 e. The number of aryl methyl sites for hydroxylation is 2. The maximum atomic E-state index is 13.1. The number of rotatable bonds is 6. The molecule has 0 N–H and O–H groups in total. The van der Waals surface area contributed by atoms with Crippen molar-refractivity contribution in [3.63, 3.8) is 0 Å². The molecule has 3 heterocycles. The smallest absolute Gasteiger partial charge is 0.274 e. The lowest BCUT2D eigenvalue weighted by atomic mass is 10.2. The summed E-state index contributed by atoms with van der Waals surface area (Å²) >= 11 is 0. The third-order valence-corrected chi connectivity index (χ3v) is 4.50. The standard InChI is InChI=1S/C18H27N5O2/c1-13-10-14(2)23-17(19-13)11-16(20-23)18(24)22(8-7-21(3)4)12-15-6-5-9-25-15/h10-11,15H,5-9,12H2,1-4H3. The Morgan fingerprint density at radius 1 is 1.32 bits per heavy atom. The first-order chi connectivity index (χ1) is 11.9. The lowest BCUT2D eigenvalue weighted by molar-refractivity contribution is 0.0507. The number of carbonyl (C=O) groups excluding carboxylic acids is 1. The van der Waals surface area contributed by atoms with Crippen LogP contribution in [0.4, 0.5) is 0 Å². The van der Waals surface area contributed by atoms with E-state index in [1.807, 2.05) is 38.9 Å². The Labute approximate surface area is 148 Å². The second kappa shape index (κ2) is 7.49. The van der Waals surface area contributed by atoms with Crippen molar-refractivity contribution in [3.05, 3.63) is 29.2 Å². The van der Waals surface area contributed by atoms with Gasteiger partial charge in [0.25, 0.3) is 5.91 Å². The summed E-state index contributed by atoms with van der Waals surface area (Å²) in [5.41, 5.74) is 3.05. The van der Waals surface area contributed by atoms with E-state index < -0.39 is 0 Å². The van der Waals surface area contributed by atoms with E-state index in [4.69, 9.17) is 4.74 Å². The van der Waals surface area contributed by atoms with E-state index in [1.54, 1.807) is 10.6 Å². The Hall–Kier alpha value is -1.99. The van der Waals surface area contributed by atoms with Crippen molar-refractivity contribution in [3.8, 4) is 0 Å². The molecule has 0 radical (unpaired) electrons. The first-order valence-electron chi connectivity index (χ1n) is 8.83.